The molecule has 1 aliphatic carbocycles. The Balaban J connectivity index is 2.13. The number of nitrogen functional groups attached to an aromatic ring is 1. The van der Waals surface area contributed by atoms with Crippen LogP contribution in [0.2, 0.25) is 0 Å². The minimum absolute atomic E-state index is 0.193. The normalized spacial score (nSPS) is 17.7. The lowest BCUT2D eigenvalue weighted by Crippen LogP contribution is -2.30. The summed E-state index contributed by atoms with van der Waals surface area (Å²) in [6.07, 6.45) is 3.23. The van der Waals surface area contributed by atoms with E-state index in [2.05, 4.69) is 27.6 Å². The number of benzene rings is 1. The topological polar surface area (TPSA) is 72.2 Å². The second-order valence-corrected chi connectivity index (χ2v) is 7.48. The van der Waals surface area contributed by atoms with Crippen molar-refractivity contribution in [3.8, 4) is 0 Å². The number of nitrogens with two attached hydrogens (primary N) is 1. The zero-order valence-corrected chi connectivity index (χ0v) is 12.6. The summed E-state index contributed by atoms with van der Waals surface area (Å²) < 4.78 is 27.5. The zero-order valence-electron chi connectivity index (χ0n) is 10.2. The van der Waals surface area contributed by atoms with Crippen molar-refractivity contribution >= 4 is 31.6 Å². The third kappa shape index (κ3) is 2.87. The summed E-state index contributed by atoms with van der Waals surface area (Å²) in [7, 11) is -3.44. The van der Waals surface area contributed by atoms with Crippen LogP contribution in [0.5, 0.6) is 0 Å². The lowest BCUT2D eigenvalue weighted by atomic mass is 10.1. The number of hydrogen-bond donors (Lipinski definition) is 2. The van der Waals surface area contributed by atoms with Crippen molar-refractivity contribution in [2.75, 3.05) is 12.3 Å². The molecule has 1 fully saturated rings. The van der Waals surface area contributed by atoms with E-state index in [1.165, 1.54) is 12.1 Å². The molecule has 1 aliphatic rings. The number of halogens is 1. The molecule has 0 heterocycles. The van der Waals surface area contributed by atoms with Crippen LogP contribution in [0.4, 0.5) is 5.69 Å². The van der Waals surface area contributed by atoms with E-state index in [4.69, 9.17) is 5.73 Å². The van der Waals surface area contributed by atoms with Crippen molar-refractivity contribution in [3.05, 3.63) is 22.7 Å². The summed E-state index contributed by atoms with van der Waals surface area (Å²) in [6, 6.07) is 4.64. The maximum absolute atomic E-state index is 12.1. The van der Waals surface area contributed by atoms with Crippen LogP contribution in [0.3, 0.4) is 0 Å². The quantitative estimate of drug-likeness (QED) is 0.813. The molecule has 0 amide bonds. The van der Waals surface area contributed by atoms with Crippen LogP contribution in [0, 0.1) is 5.41 Å². The number of hydrogen-bond acceptors (Lipinski definition) is 3. The SMILES string of the molecule is CCC1(CNS(=O)(=O)c2ccc(N)c(Br)c2)CC1. The van der Waals surface area contributed by atoms with E-state index in [1.807, 2.05) is 0 Å². The Bertz CT molecular complexity index is 553. The van der Waals surface area contributed by atoms with Gasteiger partial charge in [-0.15, -0.1) is 0 Å². The van der Waals surface area contributed by atoms with Crippen LogP contribution < -0.4 is 10.5 Å². The Morgan fingerprint density at radius 2 is 2.11 bits per heavy atom. The fourth-order valence-electron chi connectivity index (χ4n) is 1.84. The van der Waals surface area contributed by atoms with Gasteiger partial charge in [0.25, 0.3) is 0 Å². The van der Waals surface area contributed by atoms with E-state index in [0.717, 1.165) is 19.3 Å². The van der Waals surface area contributed by atoms with Gasteiger partial charge in [-0.2, -0.15) is 0 Å². The van der Waals surface area contributed by atoms with E-state index in [9.17, 15) is 8.42 Å². The molecule has 4 nitrogen and oxygen atoms in total. The monoisotopic (exact) mass is 332 g/mol. The number of anilines is 1. The highest BCUT2D eigenvalue weighted by Crippen LogP contribution is 2.48. The molecule has 2 rings (SSSR count). The Labute approximate surface area is 116 Å². The van der Waals surface area contributed by atoms with Crippen molar-refractivity contribution in [3.63, 3.8) is 0 Å². The molecule has 0 aliphatic heterocycles. The maximum atomic E-state index is 12.1. The molecular weight excluding hydrogens is 316 g/mol. The van der Waals surface area contributed by atoms with Crippen LogP contribution >= 0.6 is 15.9 Å². The standard InChI is InChI=1S/C12H17BrN2O2S/c1-2-12(5-6-12)8-15-18(16,17)9-3-4-11(14)10(13)7-9/h3-4,7,15H,2,5-6,8,14H2,1H3. The fraction of sp³-hybridized carbons (Fsp3) is 0.500. The second kappa shape index (κ2) is 4.83. The minimum Gasteiger partial charge on any atom is -0.398 e. The average molecular weight is 333 g/mol. The maximum Gasteiger partial charge on any atom is 0.240 e. The first-order chi connectivity index (χ1) is 8.38. The predicted octanol–water partition coefficient (Wildman–Crippen LogP) is 2.50. The van der Waals surface area contributed by atoms with Gasteiger partial charge in [0, 0.05) is 16.7 Å². The highest BCUT2D eigenvalue weighted by atomic mass is 79.9. The molecule has 1 aromatic carbocycles. The molecule has 0 unspecified atom stereocenters. The molecule has 18 heavy (non-hydrogen) atoms. The number of sulfonamides is 1. The first-order valence-electron chi connectivity index (χ1n) is 5.93. The van der Waals surface area contributed by atoms with Crippen LogP contribution in [-0.4, -0.2) is 15.0 Å². The van der Waals surface area contributed by atoms with Gasteiger partial charge in [-0.3, -0.25) is 0 Å². The minimum atomic E-state index is -3.44. The second-order valence-electron chi connectivity index (χ2n) is 4.86. The van der Waals surface area contributed by atoms with Gasteiger partial charge in [-0.05, 0) is 58.8 Å². The van der Waals surface area contributed by atoms with Gasteiger partial charge in [0.05, 0.1) is 4.90 Å². The molecule has 1 saturated carbocycles. The molecule has 3 N–H and O–H groups in total. The summed E-state index contributed by atoms with van der Waals surface area (Å²) in [4.78, 5) is 0.246. The molecule has 0 spiro atoms. The van der Waals surface area contributed by atoms with E-state index in [0.29, 0.717) is 16.7 Å². The molecule has 1 aromatic rings. The number of nitrogens with one attached hydrogen (secondary N) is 1. The molecule has 0 saturated heterocycles. The van der Waals surface area contributed by atoms with Gasteiger partial charge in [-0.25, -0.2) is 13.1 Å². The Kier molecular flexibility index (Phi) is 3.71. The third-order valence-corrected chi connectivity index (χ3v) is 5.71. The highest BCUT2D eigenvalue weighted by Gasteiger charge is 2.41. The van der Waals surface area contributed by atoms with Gasteiger partial charge >= 0.3 is 0 Å². The van der Waals surface area contributed by atoms with E-state index in [-0.39, 0.29) is 10.3 Å². The van der Waals surface area contributed by atoms with Crippen molar-refractivity contribution in [1.29, 1.82) is 0 Å². The predicted molar refractivity (Wildman–Crippen MR) is 75.7 cm³/mol. The van der Waals surface area contributed by atoms with Crippen LogP contribution in [0.1, 0.15) is 26.2 Å². The molecule has 0 bridgehead atoms. The molecule has 0 aromatic heterocycles. The molecule has 0 atom stereocenters. The van der Waals surface area contributed by atoms with Gasteiger partial charge in [-0.1, -0.05) is 6.92 Å². The lowest BCUT2D eigenvalue weighted by molar-refractivity contribution is 0.475. The van der Waals surface area contributed by atoms with E-state index < -0.39 is 10.0 Å². The summed E-state index contributed by atoms with van der Waals surface area (Å²) >= 11 is 3.24. The first-order valence-corrected chi connectivity index (χ1v) is 8.21. The van der Waals surface area contributed by atoms with Crippen molar-refractivity contribution < 1.29 is 8.42 Å². The molecule has 100 valence electrons. The summed E-state index contributed by atoms with van der Waals surface area (Å²) in [5, 5.41) is 0. The van der Waals surface area contributed by atoms with Gasteiger partial charge in [0.15, 0.2) is 0 Å². The van der Waals surface area contributed by atoms with Crippen LogP contribution in [-0.2, 0) is 10.0 Å². The molecule has 6 heteroatoms. The largest absolute Gasteiger partial charge is 0.398 e. The first kappa shape index (κ1) is 13.8. The molecule has 0 radical (unpaired) electrons. The summed E-state index contributed by atoms with van der Waals surface area (Å²) in [6.45, 7) is 2.62. The fourth-order valence-corrected chi connectivity index (χ4v) is 3.55. The van der Waals surface area contributed by atoms with Gasteiger partial charge in [0.2, 0.25) is 10.0 Å². The summed E-state index contributed by atoms with van der Waals surface area (Å²) in [5.74, 6) is 0. The van der Waals surface area contributed by atoms with E-state index in [1.54, 1.807) is 6.07 Å². The third-order valence-electron chi connectivity index (χ3n) is 3.63. The van der Waals surface area contributed by atoms with Gasteiger partial charge < -0.3 is 5.73 Å². The number of rotatable bonds is 5. The van der Waals surface area contributed by atoms with E-state index >= 15 is 0 Å². The Hall–Kier alpha value is -0.590. The van der Waals surface area contributed by atoms with Crippen LogP contribution in [0.25, 0.3) is 0 Å². The van der Waals surface area contributed by atoms with Crippen molar-refractivity contribution in [2.24, 2.45) is 5.41 Å². The van der Waals surface area contributed by atoms with Crippen molar-refractivity contribution in [2.45, 2.75) is 31.1 Å². The summed E-state index contributed by atoms with van der Waals surface area (Å²) in [5.41, 5.74) is 6.37. The zero-order chi connectivity index (χ0) is 13.4. The van der Waals surface area contributed by atoms with Crippen LogP contribution in [0.15, 0.2) is 27.6 Å². The smallest absolute Gasteiger partial charge is 0.240 e. The Morgan fingerprint density at radius 1 is 1.44 bits per heavy atom. The van der Waals surface area contributed by atoms with Crippen molar-refractivity contribution in [1.82, 2.24) is 4.72 Å². The molecular formula is C12H17BrN2O2S. The lowest BCUT2D eigenvalue weighted by Gasteiger charge is -2.14. The Morgan fingerprint density at radius 3 is 2.61 bits per heavy atom. The van der Waals surface area contributed by atoms with Gasteiger partial charge in [0.1, 0.15) is 0 Å². The highest BCUT2D eigenvalue weighted by molar-refractivity contribution is 9.10. The average Bonchev–Trinajstić information content (AvgIpc) is 3.11.